The standard InChI is InChI=1S/C46H80O7/c1-5-7-9-11-13-15-17-19-21-23-25-27-29-31-33-38-35-39(43(48)42(38)44(49)50-3)46-37-41(47)52-40(46)36-45(51-4,53-46)34-32-30-28-26-24-22-20-18-16-14-12-10-8-6-2/h39-40H,5-37H2,1-4H3/t39?,40-,45-,46+/m0/s1. The Bertz CT molecular complexity index is 1080. The number of esters is 2. The first-order valence-electron chi connectivity index (χ1n) is 22.7. The van der Waals surface area contributed by atoms with E-state index in [1.165, 1.54) is 161 Å². The van der Waals surface area contributed by atoms with E-state index in [9.17, 15) is 14.4 Å². The second-order valence-corrected chi connectivity index (χ2v) is 16.8. The first-order valence-corrected chi connectivity index (χ1v) is 22.7. The minimum absolute atomic E-state index is 0.0124. The fourth-order valence-electron chi connectivity index (χ4n) is 9.31. The second kappa shape index (κ2) is 26.2. The van der Waals surface area contributed by atoms with Crippen LogP contribution in [0, 0.1) is 5.92 Å². The van der Waals surface area contributed by atoms with Gasteiger partial charge in [-0.05, 0) is 25.7 Å². The number of methoxy groups -OCH3 is 2. The molecular formula is C46H80O7. The van der Waals surface area contributed by atoms with E-state index in [4.69, 9.17) is 18.9 Å². The lowest BCUT2D eigenvalue weighted by molar-refractivity contribution is -0.251. The molecule has 0 amide bonds. The van der Waals surface area contributed by atoms with Crippen LogP contribution in [0.5, 0.6) is 0 Å². The summed E-state index contributed by atoms with van der Waals surface area (Å²) in [4.78, 5) is 39.8. The summed E-state index contributed by atoms with van der Waals surface area (Å²) < 4.78 is 23.8. The number of rotatable bonds is 33. The number of fused-ring (bicyclic) bond motifs is 1. The van der Waals surface area contributed by atoms with Gasteiger partial charge in [0.2, 0.25) is 0 Å². The first kappa shape index (κ1) is 45.7. The van der Waals surface area contributed by atoms with Crippen LogP contribution < -0.4 is 0 Å². The molecule has 2 heterocycles. The van der Waals surface area contributed by atoms with Crippen molar-refractivity contribution in [2.24, 2.45) is 5.92 Å². The highest BCUT2D eigenvalue weighted by atomic mass is 16.7. The number of hydrogen-bond donors (Lipinski definition) is 0. The number of hydrogen-bond acceptors (Lipinski definition) is 7. The van der Waals surface area contributed by atoms with Gasteiger partial charge in [0.25, 0.3) is 0 Å². The molecule has 1 unspecified atom stereocenters. The molecule has 2 saturated heterocycles. The van der Waals surface area contributed by atoms with Crippen molar-refractivity contribution in [3.8, 4) is 0 Å². The Kier molecular flexibility index (Phi) is 22.6. The van der Waals surface area contributed by atoms with Crippen LogP contribution in [0.2, 0.25) is 0 Å². The van der Waals surface area contributed by atoms with Crippen molar-refractivity contribution in [3.05, 3.63) is 11.1 Å². The number of ether oxygens (including phenoxy) is 4. The van der Waals surface area contributed by atoms with E-state index in [-0.39, 0.29) is 23.7 Å². The van der Waals surface area contributed by atoms with Crippen LogP contribution in [-0.2, 0) is 33.3 Å². The van der Waals surface area contributed by atoms with Crippen molar-refractivity contribution >= 4 is 17.7 Å². The molecule has 7 nitrogen and oxygen atoms in total. The minimum Gasteiger partial charge on any atom is -0.465 e. The van der Waals surface area contributed by atoms with E-state index in [2.05, 4.69) is 13.8 Å². The maximum atomic E-state index is 14.0. The molecule has 1 aliphatic carbocycles. The number of carbonyl (C=O) groups is 3. The molecule has 0 saturated carbocycles. The predicted octanol–water partition coefficient (Wildman–Crippen LogP) is 12.6. The summed E-state index contributed by atoms with van der Waals surface area (Å²) in [5, 5.41) is 0. The van der Waals surface area contributed by atoms with Gasteiger partial charge in [0.15, 0.2) is 11.6 Å². The molecule has 0 spiro atoms. The lowest BCUT2D eigenvalue weighted by Crippen LogP contribution is -2.47. The lowest BCUT2D eigenvalue weighted by Gasteiger charge is -2.35. The van der Waals surface area contributed by atoms with Gasteiger partial charge in [-0.3, -0.25) is 9.59 Å². The molecule has 2 fully saturated rings. The normalized spacial score (nSPS) is 24.0. The second-order valence-electron chi connectivity index (χ2n) is 16.8. The summed E-state index contributed by atoms with van der Waals surface area (Å²) >= 11 is 0. The molecule has 3 aliphatic rings. The van der Waals surface area contributed by atoms with Crippen molar-refractivity contribution in [1.29, 1.82) is 0 Å². The van der Waals surface area contributed by atoms with Crippen LogP contribution in [0.25, 0.3) is 0 Å². The van der Waals surface area contributed by atoms with Gasteiger partial charge < -0.3 is 18.9 Å². The van der Waals surface area contributed by atoms with Gasteiger partial charge in [0, 0.05) is 20.0 Å². The topological polar surface area (TPSA) is 88.1 Å². The van der Waals surface area contributed by atoms with Gasteiger partial charge in [-0.25, -0.2) is 4.79 Å². The summed E-state index contributed by atoms with van der Waals surface area (Å²) in [6.07, 6.45) is 37.7. The Morgan fingerprint density at radius 1 is 0.642 bits per heavy atom. The third-order valence-corrected chi connectivity index (χ3v) is 12.6. The summed E-state index contributed by atoms with van der Waals surface area (Å²) in [6, 6.07) is 0. The highest BCUT2D eigenvalue weighted by Gasteiger charge is 2.68. The first-order chi connectivity index (χ1) is 25.9. The Hall–Kier alpha value is -1.73. The van der Waals surface area contributed by atoms with E-state index < -0.39 is 29.4 Å². The molecule has 7 heteroatoms. The van der Waals surface area contributed by atoms with Crippen molar-refractivity contribution in [2.45, 2.75) is 243 Å². The van der Waals surface area contributed by atoms with Gasteiger partial charge in [-0.1, -0.05) is 186 Å². The predicted molar refractivity (Wildman–Crippen MR) is 215 cm³/mol. The zero-order valence-corrected chi connectivity index (χ0v) is 34.8. The van der Waals surface area contributed by atoms with Crippen molar-refractivity contribution in [3.63, 3.8) is 0 Å². The number of unbranched alkanes of at least 4 members (excludes halogenated alkanes) is 26. The lowest BCUT2D eigenvalue weighted by atomic mass is 9.78. The fraction of sp³-hybridized carbons (Fsp3) is 0.891. The molecule has 4 atom stereocenters. The quantitative estimate of drug-likeness (QED) is 0.0375. The highest BCUT2D eigenvalue weighted by Crippen LogP contribution is 2.55. The SMILES string of the molecule is CCCCCCCCCCCCCCCCC1=C(C(=O)OC)C(=O)C([C@]23CC(=O)O[C@H]2C[C@@](CCCCCCCCCCCCCCCC)(OC)O3)C1. The van der Waals surface area contributed by atoms with Crippen LogP contribution in [0.3, 0.4) is 0 Å². The van der Waals surface area contributed by atoms with Crippen molar-refractivity contribution in [2.75, 3.05) is 14.2 Å². The molecule has 0 aromatic heterocycles. The van der Waals surface area contributed by atoms with Crippen LogP contribution in [0.4, 0.5) is 0 Å². The summed E-state index contributed by atoms with van der Waals surface area (Å²) in [7, 11) is 3.00. The molecule has 0 N–H and O–H groups in total. The Morgan fingerprint density at radius 3 is 1.51 bits per heavy atom. The molecule has 306 valence electrons. The zero-order chi connectivity index (χ0) is 38.2. The van der Waals surface area contributed by atoms with E-state index >= 15 is 0 Å². The zero-order valence-electron chi connectivity index (χ0n) is 34.8. The molecule has 0 aromatic carbocycles. The smallest absolute Gasteiger partial charge is 0.341 e. The molecule has 0 aromatic rings. The van der Waals surface area contributed by atoms with Crippen LogP contribution in [0.15, 0.2) is 11.1 Å². The van der Waals surface area contributed by atoms with Crippen molar-refractivity contribution in [1.82, 2.24) is 0 Å². The maximum Gasteiger partial charge on any atom is 0.341 e. The number of carbonyl (C=O) groups excluding carboxylic acids is 3. The largest absolute Gasteiger partial charge is 0.465 e. The average molecular weight is 745 g/mol. The van der Waals surface area contributed by atoms with Gasteiger partial charge >= 0.3 is 11.9 Å². The average Bonchev–Trinajstić information content (AvgIpc) is 3.76. The number of allylic oxidation sites excluding steroid dienone is 1. The molecule has 0 bridgehead atoms. The van der Waals surface area contributed by atoms with Gasteiger partial charge in [-0.15, -0.1) is 0 Å². The summed E-state index contributed by atoms with van der Waals surface area (Å²) in [5.41, 5.74) is -0.0922. The summed E-state index contributed by atoms with van der Waals surface area (Å²) in [6.45, 7) is 4.54. The van der Waals surface area contributed by atoms with E-state index in [1.807, 2.05) is 0 Å². The van der Waals surface area contributed by atoms with E-state index in [0.29, 0.717) is 25.7 Å². The number of Topliss-reactive ketones (excluding diaryl/α,β-unsaturated/α-hetero) is 1. The molecule has 2 aliphatic heterocycles. The number of ketones is 1. The molecule has 53 heavy (non-hydrogen) atoms. The monoisotopic (exact) mass is 745 g/mol. The van der Waals surface area contributed by atoms with Crippen LogP contribution >= 0.6 is 0 Å². The molecule has 0 radical (unpaired) electrons. The molecule has 3 rings (SSSR count). The minimum atomic E-state index is -1.11. The summed E-state index contributed by atoms with van der Waals surface area (Å²) in [5.74, 6) is -2.73. The Morgan fingerprint density at radius 2 is 1.08 bits per heavy atom. The maximum absolute atomic E-state index is 14.0. The highest BCUT2D eigenvalue weighted by molar-refractivity contribution is 6.21. The third kappa shape index (κ3) is 15.0. The molecular weight excluding hydrogens is 664 g/mol. The Balaban J connectivity index is 1.41. The van der Waals surface area contributed by atoms with E-state index in [1.54, 1.807) is 7.11 Å². The van der Waals surface area contributed by atoms with Gasteiger partial charge in [0.05, 0.1) is 19.4 Å². The third-order valence-electron chi connectivity index (χ3n) is 12.6. The Labute approximate surface area is 324 Å². The fourth-order valence-corrected chi connectivity index (χ4v) is 9.31. The van der Waals surface area contributed by atoms with Crippen LogP contribution in [0.1, 0.15) is 226 Å². The van der Waals surface area contributed by atoms with Crippen LogP contribution in [-0.4, -0.2) is 49.4 Å². The van der Waals surface area contributed by atoms with Gasteiger partial charge in [0.1, 0.15) is 17.3 Å². The van der Waals surface area contributed by atoms with E-state index in [0.717, 1.165) is 31.3 Å². The van der Waals surface area contributed by atoms with Crippen molar-refractivity contribution < 1.29 is 33.3 Å². The van der Waals surface area contributed by atoms with Gasteiger partial charge in [-0.2, -0.15) is 0 Å².